The number of benzene rings is 1. The fourth-order valence-corrected chi connectivity index (χ4v) is 4.32. The third-order valence-electron chi connectivity index (χ3n) is 5.20. The van der Waals surface area contributed by atoms with Crippen molar-refractivity contribution < 1.29 is 13.6 Å². The van der Waals surface area contributed by atoms with E-state index < -0.39 is 23.1 Å². The molecule has 0 unspecified atom stereocenters. The lowest BCUT2D eigenvalue weighted by molar-refractivity contribution is 0.102. The molecule has 1 aromatic heterocycles. The summed E-state index contributed by atoms with van der Waals surface area (Å²) in [5.74, 6) is -2.87. The van der Waals surface area contributed by atoms with E-state index in [0.29, 0.717) is 10.7 Å². The fourth-order valence-electron chi connectivity index (χ4n) is 3.23. The molecule has 0 radical (unpaired) electrons. The molecule has 0 bridgehead atoms. The number of anilines is 1. The molecule has 3 atom stereocenters. The molecule has 6 nitrogen and oxygen atoms in total. The molecule has 29 heavy (non-hydrogen) atoms. The number of hydrogen-bond donors (Lipinski definition) is 2. The molecule has 0 saturated carbocycles. The summed E-state index contributed by atoms with van der Waals surface area (Å²) in [5, 5.41) is 11.7. The number of carbonyl (C=O) groups excluding carboxylic acids is 1. The second kappa shape index (κ2) is 7.79. The molecular weight excluding hydrogens is 396 g/mol. The molecule has 3 rings (SSSR count). The molecule has 1 aliphatic heterocycles. The van der Waals surface area contributed by atoms with Crippen LogP contribution in [-0.4, -0.2) is 21.3 Å². The van der Waals surface area contributed by atoms with Crippen molar-refractivity contribution in [2.24, 2.45) is 16.6 Å². The van der Waals surface area contributed by atoms with Crippen molar-refractivity contribution in [1.82, 2.24) is 4.98 Å². The molecule has 0 fully saturated rings. The zero-order valence-electron chi connectivity index (χ0n) is 16.0. The Labute approximate surface area is 171 Å². The van der Waals surface area contributed by atoms with E-state index in [-0.39, 0.29) is 28.1 Å². The molecule has 2 aromatic rings. The quantitative estimate of drug-likeness (QED) is 0.794. The van der Waals surface area contributed by atoms with Gasteiger partial charge in [0.25, 0.3) is 5.91 Å². The number of thioether (sulfide) groups is 1. The van der Waals surface area contributed by atoms with Crippen LogP contribution in [0, 0.1) is 28.9 Å². The highest BCUT2D eigenvalue weighted by atomic mass is 32.2. The zero-order chi connectivity index (χ0) is 21.3. The monoisotopic (exact) mass is 415 g/mol. The van der Waals surface area contributed by atoms with Crippen LogP contribution in [0.25, 0.3) is 0 Å². The molecule has 0 aliphatic carbocycles. The maximum absolute atomic E-state index is 14.7. The van der Waals surface area contributed by atoms with Crippen molar-refractivity contribution in [3.63, 3.8) is 0 Å². The van der Waals surface area contributed by atoms with Gasteiger partial charge in [0.1, 0.15) is 11.8 Å². The van der Waals surface area contributed by atoms with Crippen molar-refractivity contribution in [3.8, 4) is 6.07 Å². The second-order valence-electron chi connectivity index (χ2n) is 7.03. The van der Waals surface area contributed by atoms with E-state index in [9.17, 15) is 13.6 Å². The fraction of sp³-hybridized carbons (Fsp3) is 0.300. The average molecular weight is 415 g/mol. The Bertz CT molecular complexity index is 1030. The lowest BCUT2D eigenvalue weighted by Crippen LogP contribution is -2.41. The number of rotatable bonds is 3. The number of hydrogen-bond acceptors (Lipinski definition) is 6. The van der Waals surface area contributed by atoms with Crippen molar-refractivity contribution >= 4 is 28.5 Å². The predicted octanol–water partition coefficient (Wildman–Crippen LogP) is 3.79. The minimum absolute atomic E-state index is 0.0168. The van der Waals surface area contributed by atoms with Gasteiger partial charge in [0.05, 0.1) is 11.1 Å². The Balaban J connectivity index is 1.98. The lowest BCUT2D eigenvalue weighted by atomic mass is 9.78. The Morgan fingerprint density at radius 3 is 2.69 bits per heavy atom. The first-order valence-electron chi connectivity index (χ1n) is 8.84. The topological polar surface area (TPSA) is 104 Å². The van der Waals surface area contributed by atoms with E-state index >= 15 is 0 Å². The summed E-state index contributed by atoms with van der Waals surface area (Å²) in [6, 6.07) is 7.00. The molecule has 1 amide bonds. The van der Waals surface area contributed by atoms with Gasteiger partial charge < -0.3 is 11.1 Å². The first kappa shape index (κ1) is 20.7. The highest BCUT2D eigenvalue weighted by Gasteiger charge is 2.42. The normalized spacial score (nSPS) is 23.8. The summed E-state index contributed by atoms with van der Waals surface area (Å²) in [6.07, 6.45) is 1.26. The number of aliphatic imine (C=N–C) groups is 1. The molecule has 0 saturated heterocycles. The van der Waals surface area contributed by atoms with Crippen LogP contribution >= 0.6 is 11.8 Å². The minimum atomic E-state index is -1.10. The molecule has 2 heterocycles. The summed E-state index contributed by atoms with van der Waals surface area (Å²) in [4.78, 5) is 20.7. The van der Waals surface area contributed by atoms with Gasteiger partial charge in [-0.3, -0.25) is 9.79 Å². The summed E-state index contributed by atoms with van der Waals surface area (Å²) >= 11 is 1.38. The Morgan fingerprint density at radius 2 is 2.07 bits per heavy atom. The Morgan fingerprint density at radius 1 is 1.34 bits per heavy atom. The van der Waals surface area contributed by atoms with Gasteiger partial charge in [-0.1, -0.05) is 25.6 Å². The van der Waals surface area contributed by atoms with Crippen molar-refractivity contribution in [1.29, 1.82) is 5.26 Å². The number of halogens is 2. The number of nitrogens with zero attached hydrogens (tertiary/aromatic N) is 3. The SMILES string of the molecule is C[C@@H]1SC(N)=N[C@](C)(c2cc(NC(=O)c3ccc(C#N)cn3)cc(F)c2F)[C@@H]1C. The lowest BCUT2D eigenvalue weighted by Gasteiger charge is -2.40. The van der Waals surface area contributed by atoms with Crippen molar-refractivity contribution in [2.45, 2.75) is 31.6 Å². The number of pyridine rings is 1. The highest BCUT2D eigenvalue weighted by molar-refractivity contribution is 8.14. The molecule has 1 aromatic carbocycles. The van der Waals surface area contributed by atoms with Crippen LogP contribution in [0.2, 0.25) is 0 Å². The first-order chi connectivity index (χ1) is 13.7. The summed E-state index contributed by atoms with van der Waals surface area (Å²) in [6.45, 7) is 5.55. The maximum Gasteiger partial charge on any atom is 0.274 e. The van der Waals surface area contributed by atoms with Crippen LogP contribution in [0.15, 0.2) is 35.5 Å². The van der Waals surface area contributed by atoms with Crippen molar-refractivity contribution in [3.05, 3.63) is 58.9 Å². The van der Waals surface area contributed by atoms with Crippen molar-refractivity contribution in [2.75, 3.05) is 5.32 Å². The molecule has 0 spiro atoms. The average Bonchev–Trinajstić information content (AvgIpc) is 2.68. The van der Waals surface area contributed by atoms with E-state index in [1.54, 1.807) is 6.92 Å². The number of nitrogens with one attached hydrogen (secondary N) is 1. The number of nitriles is 1. The third-order valence-corrected chi connectivity index (χ3v) is 6.31. The van der Waals surface area contributed by atoms with Crippen LogP contribution in [-0.2, 0) is 5.54 Å². The smallest absolute Gasteiger partial charge is 0.274 e. The van der Waals surface area contributed by atoms with Gasteiger partial charge in [-0.15, -0.1) is 0 Å². The van der Waals surface area contributed by atoms with Gasteiger partial charge in [-0.25, -0.2) is 13.8 Å². The van der Waals surface area contributed by atoms with Gasteiger partial charge in [-0.2, -0.15) is 5.26 Å². The van der Waals surface area contributed by atoms with Crippen LogP contribution < -0.4 is 11.1 Å². The first-order valence-corrected chi connectivity index (χ1v) is 9.72. The molecular formula is C20H19F2N5OS. The number of amidine groups is 1. The van der Waals surface area contributed by atoms with E-state index in [4.69, 9.17) is 11.0 Å². The van der Waals surface area contributed by atoms with Crippen LogP contribution in [0.4, 0.5) is 14.5 Å². The van der Waals surface area contributed by atoms with Gasteiger partial charge in [-0.05, 0) is 31.0 Å². The van der Waals surface area contributed by atoms with Crippen LogP contribution in [0.5, 0.6) is 0 Å². The van der Waals surface area contributed by atoms with E-state index in [1.165, 1.54) is 36.2 Å². The number of aromatic nitrogens is 1. The zero-order valence-corrected chi connectivity index (χ0v) is 16.8. The standard InChI is InChI=1S/C20H19F2N5OS/c1-10-11(2)29-19(24)27-20(10,3)14-6-13(7-15(21)17(14)22)26-18(28)16-5-4-12(8-23)9-25-16/h4-7,9-11H,1-3H3,(H2,24,27)(H,26,28)/t10-,11+,20+/m1/s1. The number of amides is 1. The van der Waals surface area contributed by atoms with E-state index in [2.05, 4.69) is 15.3 Å². The largest absolute Gasteiger partial charge is 0.379 e. The van der Waals surface area contributed by atoms with E-state index in [1.807, 2.05) is 19.9 Å². The predicted molar refractivity (Wildman–Crippen MR) is 108 cm³/mol. The number of carbonyl (C=O) groups is 1. The minimum Gasteiger partial charge on any atom is -0.379 e. The molecule has 3 N–H and O–H groups in total. The highest BCUT2D eigenvalue weighted by Crippen LogP contribution is 2.45. The van der Waals surface area contributed by atoms with Gasteiger partial charge in [0.2, 0.25) is 0 Å². The maximum atomic E-state index is 14.7. The van der Waals surface area contributed by atoms with Crippen LogP contribution in [0.1, 0.15) is 42.4 Å². The van der Waals surface area contributed by atoms with Gasteiger partial charge in [0, 0.05) is 28.8 Å². The third kappa shape index (κ3) is 3.93. The molecule has 9 heteroatoms. The second-order valence-corrected chi connectivity index (χ2v) is 8.42. The Hall–Kier alpha value is -2.99. The Kier molecular flexibility index (Phi) is 5.57. The molecule has 150 valence electrons. The van der Waals surface area contributed by atoms with Crippen LogP contribution in [0.3, 0.4) is 0 Å². The van der Waals surface area contributed by atoms with Gasteiger partial charge in [0.15, 0.2) is 16.8 Å². The summed E-state index contributed by atoms with van der Waals surface area (Å²) in [5.41, 5.74) is 5.25. The summed E-state index contributed by atoms with van der Waals surface area (Å²) in [7, 11) is 0. The summed E-state index contributed by atoms with van der Waals surface area (Å²) < 4.78 is 29.1. The van der Waals surface area contributed by atoms with Gasteiger partial charge >= 0.3 is 0 Å². The van der Waals surface area contributed by atoms with E-state index in [0.717, 1.165) is 6.07 Å². The molecule has 1 aliphatic rings. The number of nitrogens with two attached hydrogens (primary N) is 1.